The fourth-order valence-electron chi connectivity index (χ4n) is 1.27. The van der Waals surface area contributed by atoms with Crippen molar-refractivity contribution in [3.8, 4) is 5.75 Å². The van der Waals surface area contributed by atoms with E-state index in [0.29, 0.717) is 12.1 Å². The van der Waals surface area contributed by atoms with Crippen LogP contribution in [0.1, 0.15) is 18.9 Å². The Morgan fingerprint density at radius 2 is 2.06 bits per heavy atom. The minimum atomic E-state index is -4.85. The molecule has 18 heavy (non-hydrogen) atoms. The lowest BCUT2D eigenvalue weighted by Gasteiger charge is -2.15. The van der Waals surface area contributed by atoms with E-state index < -0.39 is 29.6 Å². The lowest BCUT2D eigenvalue weighted by molar-refractivity contribution is -0.145. The molecule has 0 aliphatic rings. The molecule has 1 rings (SSSR count). The molecule has 0 saturated heterocycles. The van der Waals surface area contributed by atoms with Crippen LogP contribution in [0.25, 0.3) is 0 Å². The van der Waals surface area contributed by atoms with Crippen molar-refractivity contribution in [2.45, 2.75) is 25.6 Å². The molecule has 0 amide bonds. The maximum Gasteiger partial charge on any atom is 0.419 e. The summed E-state index contributed by atoms with van der Waals surface area (Å²) in [6.45, 7) is 1.51. The molecule has 7 heteroatoms. The highest BCUT2D eigenvalue weighted by Crippen LogP contribution is 2.33. The van der Waals surface area contributed by atoms with E-state index in [1.807, 2.05) is 0 Å². The van der Waals surface area contributed by atoms with Crippen LogP contribution in [0, 0.1) is 5.82 Å². The van der Waals surface area contributed by atoms with Crippen molar-refractivity contribution in [3.05, 3.63) is 29.6 Å². The maximum absolute atomic E-state index is 13.0. The monoisotopic (exact) mass is 266 g/mol. The highest BCUT2D eigenvalue weighted by molar-refractivity contribution is 5.72. The summed E-state index contributed by atoms with van der Waals surface area (Å²) in [7, 11) is 0. The highest BCUT2D eigenvalue weighted by atomic mass is 19.4. The van der Waals surface area contributed by atoms with Crippen LogP contribution in [0.5, 0.6) is 5.75 Å². The third-order valence-electron chi connectivity index (χ3n) is 2.17. The van der Waals surface area contributed by atoms with Crippen molar-refractivity contribution in [2.75, 3.05) is 0 Å². The Hall–Kier alpha value is -1.79. The van der Waals surface area contributed by atoms with Crippen molar-refractivity contribution in [2.24, 2.45) is 0 Å². The molecule has 0 aromatic heterocycles. The zero-order chi connectivity index (χ0) is 13.9. The molecule has 1 N–H and O–H groups in total. The molecule has 0 spiro atoms. The first-order chi connectivity index (χ1) is 8.25. The molecule has 0 saturated carbocycles. The first-order valence-electron chi connectivity index (χ1n) is 5.02. The second kappa shape index (κ2) is 5.24. The van der Waals surface area contributed by atoms with E-state index in [4.69, 9.17) is 9.84 Å². The topological polar surface area (TPSA) is 46.5 Å². The largest absolute Gasteiger partial charge is 0.479 e. The minimum Gasteiger partial charge on any atom is -0.479 e. The second-order valence-corrected chi connectivity index (χ2v) is 3.49. The first-order valence-corrected chi connectivity index (χ1v) is 5.02. The fraction of sp³-hybridized carbons (Fsp3) is 0.364. The molecule has 100 valence electrons. The highest BCUT2D eigenvalue weighted by Gasteiger charge is 2.34. The Morgan fingerprint density at radius 3 is 2.50 bits per heavy atom. The Balaban J connectivity index is 3.02. The molecule has 0 radical (unpaired) electrons. The van der Waals surface area contributed by atoms with Gasteiger partial charge in [0.1, 0.15) is 11.6 Å². The van der Waals surface area contributed by atoms with E-state index in [9.17, 15) is 22.4 Å². The zero-order valence-electron chi connectivity index (χ0n) is 9.29. The fourth-order valence-corrected chi connectivity index (χ4v) is 1.27. The van der Waals surface area contributed by atoms with Crippen LogP contribution in [-0.2, 0) is 11.0 Å². The summed E-state index contributed by atoms with van der Waals surface area (Å²) >= 11 is 0. The molecule has 0 aliphatic carbocycles. The minimum absolute atomic E-state index is 0.0774. The van der Waals surface area contributed by atoms with E-state index in [1.165, 1.54) is 6.92 Å². The number of halogens is 4. The van der Waals surface area contributed by atoms with E-state index in [2.05, 4.69) is 0 Å². The van der Waals surface area contributed by atoms with Gasteiger partial charge in [-0.25, -0.2) is 9.18 Å². The van der Waals surface area contributed by atoms with Gasteiger partial charge in [-0.2, -0.15) is 13.2 Å². The molecular weight excluding hydrogens is 256 g/mol. The number of carboxylic acid groups (broad SMARTS) is 1. The molecular formula is C11H10F4O3. The number of benzene rings is 1. The smallest absolute Gasteiger partial charge is 0.419 e. The van der Waals surface area contributed by atoms with Crippen LogP contribution in [0.4, 0.5) is 17.6 Å². The summed E-state index contributed by atoms with van der Waals surface area (Å²) in [5.41, 5.74) is -1.49. The summed E-state index contributed by atoms with van der Waals surface area (Å²) in [5.74, 6) is -3.06. The molecule has 0 bridgehead atoms. The van der Waals surface area contributed by atoms with Gasteiger partial charge in [0.2, 0.25) is 0 Å². The Labute approximate surface area is 100.0 Å². The quantitative estimate of drug-likeness (QED) is 0.852. The first kappa shape index (κ1) is 14.3. The van der Waals surface area contributed by atoms with Crippen LogP contribution in [0.2, 0.25) is 0 Å². The number of ether oxygens (including phenoxy) is 1. The number of aliphatic carboxylic acids is 1. The SMILES string of the molecule is CC[C@@H](Oc1ccc(F)c(C(F)(F)F)c1)C(=O)O. The van der Waals surface area contributed by atoms with Crippen LogP contribution in [-0.4, -0.2) is 17.2 Å². The molecule has 1 aromatic carbocycles. The standard InChI is InChI=1S/C11H10F4O3/c1-2-9(10(16)17)18-6-3-4-8(12)7(5-6)11(13,14)15/h3-5,9H,2H2,1H3,(H,16,17)/t9-/m1/s1. The van der Waals surface area contributed by atoms with Gasteiger partial charge in [0.15, 0.2) is 6.10 Å². The summed E-state index contributed by atoms with van der Waals surface area (Å²) < 4.78 is 55.0. The maximum atomic E-state index is 13.0. The number of hydrogen-bond acceptors (Lipinski definition) is 2. The molecule has 1 atom stereocenters. The molecule has 0 heterocycles. The summed E-state index contributed by atoms with van der Waals surface area (Å²) in [6.07, 6.45) is -6.04. The molecule has 0 fully saturated rings. The van der Waals surface area contributed by atoms with E-state index in [-0.39, 0.29) is 12.2 Å². The van der Waals surface area contributed by atoms with Crippen LogP contribution in [0.3, 0.4) is 0 Å². The summed E-state index contributed by atoms with van der Waals surface area (Å²) in [6, 6.07) is 1.99. The molecule has 0 unspecified atom stereocenters. The molecule has 3 nitrogen and oxygen atoms in total. The van der Waals surface area contributed by atoms with Gasteiger partial charge in [-0.05, 0) is 24.6 Å². The van der Waals surface area contributed by atoms with E-state index >= 15 is 0 Å². The predicted molar refractivity (Wildman–Crippen MR) is 53.7 cm³/mol. The van der Waals surface area contributed by atoms with Gasteiger partial charge in [0, 0.05) is 0 Å². The number of rotatable bonds is 4. The lowest BCUT2D eigenvalue weighted by atomic mass is 10.2. The summed E-state index contributed by atoms with van der Waals surface area (Å²) in [5, 5.41) is 8.70. The third-order valence-corrected chi connectivity index (χ3v) is 2.17. The average molecular weight is 266 g/mol. The molecule has 0 aliphatic heterocycles. The van der Waals surface area contributed by atoms with Crippen molar-refractivity contribution in [1.82, 2.24) is 0 Å². The Morgan fingerprint density at radius 1 is 1.44 bits per heavy atom. The van der Waals surface area contributed by atoms with Crippen molar-refractivity contribution in [1.29, 1.82) is 0 Å². The van der Waals surface area contributed by atoms with Crippen molar-refractivity contribution < 1.29 is 32.2 Å². The summed E-state index contributed by atoms with van der Waals surface area (Å²) in [4.78, 5) is 10.7. The van der Waals surface area contributed by atoms with Crippen molar-refractivity contribution >= 4 is 5.97 Å². The van der Waals surface area contributed by atoms with Gasteiger partial charge in [-0.15, -0.1) is 0 Å². The average Bonchev–Trinajstić information content (AvgIpc) is 2.25. The third kappa shape index (κ3) is 3.35. The van der Waals surface area contributed by atoms with Gasteiger partial charge in [-0.3, -0.25) is 0 Å². The number of hydrogen-bond donors (Lipinski definition) is 1. The van der Waals surface area contributed by atoms with Gasteiger partial charge in [0.25, 0.3) is 0 Å². The Kier molecular flexibility index (Phi) is 4.15. The van der Waals surface area contributed by atoms with Crippen LogP contribution in [0.15, 0.2) is 18.2 Å². The van der Waals surface area contributed by atoms with E-state index in [0.717, 1.165) is 6.07 Å². The lowest BCUT2D eigenvalue weighted by Crippen LogP contribution is -2.26. The number of carboxylic acids is 1. The van der Waals surface area contributed by atoms with Gasteiger partial charge in [-0.1, -0.05) is 6.92 Å². The predicted octanol–water partition coefficient (Wildman–Crippen LogP) is 3.09. The van der Waals surface area contributed by atoms with Crippen LogP contribution >= 0.6 is 0 Å². The number of alkyl halides is 3. The van der Waals surface area contributed by atoms with Gasteiger partial charge < -0.3 is 9.84 Å². The normalized spacial score (nSPS) is 13.2. The van der Waals surface area contributed by atoms with Gasteiger partial charge >= 0.3 is 12.1 Å². The van der Waals surface area contributed by atoms with Gasteiger partial charge in [0.05, 0.1) is 5.56 Å². The van der Waals surface area contributed by atoms with Crippen molar-refractivity contribution in [3.63, 3.8) is 0 Å². The number of carbonyl (C=O) groups is 1. The Bertz CT molecular complexity index is 442. The second-order valence-electron chi connectivity index (χ2n) is 3.49. The zero-order valence-corrected chi connectivity index (χ0v) is 9.29. The van der Waals surface area contributed by atoms with Crippen LogP contribution < -0.4 is 4.74 Å². The van der Waals surface area contributed by atoms with E-state index in [1.54, 1.807) is 0 Å². The molecule has 1 aromatic rings.